The Bertz CT molecular complexity index is 292. The SMILES string of the molecule is CCCC(N)Cc1ccc(OC(C)C)cc1. The zero-order valence-corrected chi connectivity index (χ0v) is 10.6. The van der Waals surface area contributed by atoms with Gasteiger partial charge in [0, 0.05) is 6.04 Å². The lowest BCUT2D eigenvalue weighted by atomic mass is 10.0. The first kappa shape index (κ1) is 13.0. The highest BCUT2D eigenvalue weighted by molar-refractivity contribution is 5.27. The van der Waals surface area contributed by atoms with Crippen molar-refractivity contribution in [3.63, 3.8) is 0 Å². The van der Waals surface area contributed by atoms with Crippen molar-refractivity contribution in [2.75, 3.05) is 0 Å². The first-order valence-electron chi connectivity index (χ1n) is 6.13. The summed E-state index contributed by atoms with van der Waals surface area (Å²) in [6.45, 7) is 6.23. The van der Waals surface area contributed by atoms with E-state index in [0.717, 1.165) is 25.0 Å². The van der Waals surface area contributed by atoms with Crippen molar-refractivity contribution in [2.24, 2.45) is 5.73 Å². The summed E-state index contributed by atoms with van der Waals surface area (Å²) in [5.41, 5.74) is 7.29. The summed E-state index contributed by atoms with van der Waals surface area (Å²) in [6.07, 6.45) is 3.42. The summed E-state index contributed by atoms with van der Waals surface area (Å²) < 4.78 is 5.59. The average molecular weight is 221 g/mol. The molecule has 0 aliphatic carbocycles. The van der Waals surface area contributed by atoms with Crippen molar-refractivity contribution in [1.82, 2.24) is 0 Å². The molecule has 0 radical (unpaired) electrons. The average Bonchev–Trinajstić information content (AvgIpc) is 2.20. The van der Waals surface area contributed by atoms with E-state index >= 15 is 0 Å². The maximum atomic E-state index is 6.00. The second-order valence-electron chi connectivity index (χ2n) is 4.56. The predicted octanol–water partition coefficient (Wildman–Crippen LogP) is 3.14. The van der Waals surface area contributed by atoms with Gasteiger partial charge in [0.25, 0.3) is 0 Å². The zero-order chi connectivity index (χ0) is 12.0. The van der Waals surface area contributed by atoms with Gasteiger partial charge in [0.2, 0.25) is 0 Å². The minimum atomic E-state index is 0.230. The molecule has 1 unspecified atom stereocenters. The van der Waals surface area contributed by atoms with Crippen LogP contribution in [-0.2, 0) is 6.42 Å². The molecule has 2 heteroatoms. The number of hydrogen-bond donors (Lipinski definition) is 1. The van der Waals surface area contributed by atoms with Crippen molar-refractivity contribution < 1.29 is 4.74 Å². The molecule has 0 bridgehead atoms. The number of rotatable bonds is 6. The monoisotopic (exact) mass is 221 g/mol. The van der Waals surface area contributed by atoms with Gasteiger partial charge in [-0.05, 0) is 44.4 Å². The van der Waals surface area contributed by atoms with E-state index in [0.29, 0.717) is 0 Å². The van der Waals surface area contributed by atoms with Crippen LogP contribution in [0.3, 0.4) is 0 Å². The summed E-state index contributed by atoms with van der Waals surface area (Å²) >= 11 is 0. The summed E-state index contributed by atoms with van der Waals surface area (Å²) in [4.78, 5) is 0. The van der Waals surface area contributed by atoms with Crippen molar-refractivity contribution in [1.29, 1.82) is 0 Å². The standard InChI is InChI=1S/C14H23NO/c1-4-5-13(15)10-12-6-8-14(9-7-12)16-11(2)3/h6-9,11,13H,4-5,10,15H2,1-3H3. The summed E-state index contributed by atoms with van der Waals surface area (Å²) in [7, 11) is 0. The van der Waals surface area contributed by atoms with Crippen LogP contribution in [0.25, 0.3) is 0 Å². The Morgan fingerprint density at radius 1 is 1.19 bits per heavy atom. The molecule has 1 rings (SSSR count). The minimum absolute atomic E-state index is 0.230. The van der Waals surface area contributed by atoms with E-state index in [2.05, 4.69) is 19.1 Å². The molecule has 1 aromatic rings. The number of nitrogens with two attached hydrogens (primary N) is 1. The molecule has 0 saturated carbocycles. The number of benzene rings is 1. The van der Waals surface area contributed by atoms with Gasteiger partial charge >= 0.3 is 0 Å². The smallest absolute Gasteiger partial charge is 0.119 e. The molecule has 2 nitrogen and oxygen atoms in total. The Labute approximate surface area is 98.8 Å². The van der Waals surface area contributed by atoms with Crippen LogP contribution in [0.15, 0.2) is 24.3 Å². The fourth-order valence-corrected chi connectivity index (χ4v) is 1.75. The Morgan fingerprint density at radius 3 is 2.31 bits per heavy atom. The van der Waals surface area contributed by atoms with Gasteiger partial charge in [-0.15, -0.1) is 0 Å². The first-order chi connectivity index (χ1) is 7.61. The van der Waals surface area contributed by atoms with Gasteiger partial charge in [-0.1, -0.05) is 25.5 Å². The molecule has 90 valence electrons. The molecular formula is C14H23NO. The molecule has 0 amide bonds. The van der Waals surface area contributed by atoms with E-state index in [1.165, 1.54) is 5.56 Å². The van der Waals surface area contributed by atoms with Crippen LogP contribution in [-0.4, -0.2) is 12.1 Å². The van der Waals surface area contributed by atoms with Crippen LogP contribution >= 0.6 is 0 Å². The fraction of sp³-hybridized carbons (Fsp3) is 0.571. The van der Waals surface area contributed by atoms with Gasteiger partial charge in [-0.2, -0.15) is 0 Å². The third-order valence-corrected chi connectivity index (χ3v) is 2.45. The molecule has 0 spiro atoms. The fourth-order valence-electron chi connectivity index (χ4n) is 1.75. The van der Waals surface area contributed by atoms with E-state index in [9.17, 15) is 0 Å². The van der Waals surface area contributed by atoms with Crippen molar-refractivity contribution >= 4 is 0 Å². The predicted molar refractivity (Wildman–Crippen MR) is 68.8 cm³/mol. The summed E-state index contributed by atoms with van der Waals surface area (Å²) in [6, 6.07) is 8.53. The topological polar surface area (TPSA) is 35.2 Å². The quantitative estimate of drug-likeness (QED) is 0.801. The Morgan fingerprint density at radius 2 is 1.81 bits per heavy atom. The lowest BCUT2D eigenvalue weighted by Gasteiger charge is -2.12. The molecule has 0 aromatic heterocycles. The molecule has 2 N–H and O–H groups in total. The summed E-state index contributed by atoms with van der Waals surface area (Å²) in [5.74, 6) is 0.933. The molecule has 0 aliphatic rings. The van der Waals surface area contributed by atoms with Crippen LogP contribution in [0.5, 0.6) is 5.75 Å². The van der Waals surface area contributed by atoms with Crippen molar-refractivity contribution in [2.45, 2.75) is 52.2 Å². The lowest BCUT2D eigenvalue weighted by molar-refractivity contribution is 0.242. The van der Waals surface area contributed by atoms with Crippen LogP contribution in [0.1, 0.15) is 39.2 Å². The first-order valence-corrected chi connectivity index (χ1v) is 6.13. The molecular weight excluding hydrogens is 198 g/mol. The minimum Gasteiger partial charge on any atom is -0.491 e. The van der Waals surface area contributed by atoms with E-state index in [1.54, 1.807) is 0 Å². The van der Waals surface area contributed by atoms with Gasteiger partial charge < -0.3 is 10.5 Å². The maximum absolute atomic E-state index is 6.00. The van der Waals surface area contributed by atoms with Crippen molar-refractivity contribution in [3.05, 3.63) is 29.8 Å². The van der Waals surface area contributed by atoms with E-state index in [1.807, 2.05) is 26.0 Å². The second-order valence-corrected chi connectivity index (χ2v) is 4.56. The van der Waals surface area contributed by atoms with Crippen LogP contribution in [0, 0.1) is 0 Å². The molecule has 1 atom stereocenters. The molecule has 16 heavy (non-hydrogen) atoms. The van der Waals surface area contributed by atoms with Gasteiger partial charge in [0.05, 0.1) is 6.10 Å². The zero-order valence-electron chi connectivity index (χ0n) is 10.6. The highest BCUT2D eigenvalue weighted by Gasteiger charge is 2.03. The van der Waals surface area contributed by atoms with Crippen molar-refractivity contribution in [3.8, 4) is 5.75 Å². The molecule has 0 saturated heterocycles. The largest absolute Gasteiger partial charge is 0.491 e. The maximum Gasteiger partial charge on any atom is 0.119 e. The Kier molecular flexibility index (Phi) is 5.33. The normalized spacial score (nSPS) is 12.8. The third-order valence-electron chi connectivity index (χ3n) is 2.45. The highest BCUT2D eigenvalue weighted by Crippen LogP contribution is 2.15. The third kappa shape index (κ3) is 4.67. The Balaban J connectivity index is 2.50. The molecule has 0 fully saturated rings. The number of hydrogen-bond acceptors (Lipinski definition) is 2. The molecule has 0 aliphatic heterocycles. The summed E-state index contributed by atoms with van der Waals surface area (Å²) in [5, 5.41) is 0. The lowest BCUT2D eigenvalue weighted by Crippen LogP contribution is -2.22. The van der Waals surface area contributed by atoms with Gasteiger partial charge in [-0.3, -0.25) is 0 Å². The highest BCUT2D eigenvalue weighted by atomic mass is 16.5. The van der Waals surface area contributed by atoms with Crippen LogP contribution in [0.2, 0.25) is 0 Å². The van der Waals surface area contributed by atoms with Gasteiger partial charge in [0.15, 0.2) is 0 Å². The second kappa shape index (κ2) is 6.54. The van der Waals surface area contributed by atoms with Crippen LogP contribution in [0.4, 0.5) is 0 Å². The molecule has 1 aromatic carbocycles. The number of ether oxygens (including phenoxy) is 1. The Hall–Kier alpha value is -1.02. The van der Waals surface area contributed by atoms with E-state index in [4.69, 9.17) is 10.5 Å². The van der Waals surface area contributed by atoms with E-state index in [-0.39, 0.29) is 12.1 Å². The van der Waals surface area contributed by atoms with Crippen LogP contribution < -0.4 is 10.5 Å². The van der Waals surface area contributed by atoms with E-state index < -0.39 is 0 Å². The molecule has 0 heterocycles. The van der Waals surface area contributed by atoms with Gasteiger partial charge in [0.1, 0.15) is 5.75 Å². The van der Waals surface area contributed by atoms with Gasteiger partial charge in [-0.25, -0.2) is 0 Å².